The van der Waals surface area contributed by atoms with Crippen molar-refractivity contribution in [3.63, 3.8) is 0 Å². The number of nitrogens with zero attached hydrogens (tertiary/aromatic N) is 3. The molecule has 0 saturated carbocycles. The Hall–Kier alpha value is -2.03. The molecule has 1 fully saturated rings. The van der Waals surface area contributed by atoms with Crippen LogP contribution in [0.5, 0.6) is 0 Å². The lowest BCUT2D eigenvalue weighted by atomic mass is 9.94. The van der Waals surface area contributed by atoms with Gasteiger partial charge in [-0.3, -0.25) is 0 Å². The smallest absolute Gasteiger partial charge is 0.410 e. The lowest BCUT2D eigenvalue weighted by molar-refractivity contribution is 0.0204. The molecule has 28 heavy (non-hydrogen) atoms. The normalized spacial score (nSPS) is 15.7. The average Bonchev–Trinajstić information content (AvgIpc) is 2.94. The first-order chi connectivity index (χ1) is 13.0. The molecule has 148 valence electrons. The molecule has 0 spiro atoms. The molecule has 9 heteroatoms. The number of nitrogen functional groups attached to an aromatic ring is 1. The van der Waals surface area contributed by atoms with Gasteiger partial charge in [0.05, 0.1) is 11.4 Å². The Morgan fingerprint density at radius 3 is 2.54 bits per heavy atom. The molecule has 1 aromatic heterocycles. The topological polar surface area (TPSA) is 73.4 Å². The van der Waals surface area contributed by atoms with Gasteiger partial charge in [0.15, 0.2) is 0 Å². The van der Waals surface area contributed by atoms with Crippen LogP contribution < -0.4 is 11.2 Å². The van der Waals surface area contributed by atoms with E-state index >= 15 is 0 Å². The SMILES string of the molecule is [B]c1cc(F)cc(Br)c1-n1nc(C2CCN(C(=O)OC(C)(C)C)CC2)cc1N. The van der Waals surface area contributed by atoms with Crippen molar-refractivity contribution in [3.05, 3.63) is 34.2 Å². The number of nitrogens with two attached hydrogens (primary N) is 1. The minimum absolute atomic E-state index is 0.169. The average molecular weight is 449 g/mol. The molecule has 2 heterocycles. The predicted molar refractivity (Wildman–Crippen MR) is 111 cm³/mol. The fraction of sp³-hybridized carbons (Fsp3) is 0.474. The summed E-state index contributed by atoms with van der Waals surface area (Å²) in [5, 5.41) is 4.61. The number of hydrogen-bond acceptors (Lipinski definition) is 4. The maximum atomic E-state index is 13.5. The number of ether oxygens (including phenoxy) is 1. The standard InChI is InChI=1S/C19H23BBrFN4O2/c1-19(2,3)28-18(27)25-6-4-11(5-7-25)15-10-16(23)26(24-15)17-13(20)8-12(22)9-14(17)21/h8-11H,4-7,23H2,1-3H3. The highest BCUT2D eigenvalue weighted by Gasteiger charge is 2.29. The fourth-order valence-electron chi connectivity index (χ4n) is 3.29. The lowest BCUT2D eigenvalue weighted by Crippen LogP contribution is -2.41. The minimum Gasteiger partial charge on any atom is -0.444 e. The molecular weight excluding hydrogens is 426 g/mol. The number of aromatic nitrogens is 2. The summed E-state index contributed by atoms with van der Waals surface area (Å²) in [6, 6.07) is 4.37. The largest absolute Gasteiger partial charge is 0.444 e. The zero-order chi connectivity index (χ0) is 20.6. The molecule has 0 atom stereocenters. The van der Waals surface area contributed by atoms with Crippen LogP contribution in [-0.2, 0) is 4.74 Å². The van der Waals surface area contributed by atoms with Gasteiger partial charge < -0.3 is 15.4 Å². The molecule has 1 aliphatic rings. The van der Waals surface area contributed by atoms with E-state index in [4.69, 9.17) is 18.3 Å². The Bertz CT molecular complexity index is 866. The molecule has 0 aliphatic carbocycles. The van der Waals surface area contributed by atoms with E-state index in [-0.39, 0.29) is 17.5 Å². The molecule has 2 N–H and O–H groups in total. The summed E-state index contributed by atoms with van der Waals surface area (Å²) in [6.07, 6.45) is 1.23. The van der Waals surface area contributed by atoms with E-state index < -0.39 is 11.4 Å². The molecule has 6 nitrogen and oxygen atoms in total. The maximum absolute atomic E-state index is 13.5. The van der Waals surface area contributed by atoms with Gasteiger partial charge in [-0.15, -0.1) is 0 Å². The van der Waals surface area contributed by atoms with Crippen LogP contribution in [-0.4, -0.2) is 47.3 Å². The number of piperidine rings is 1. The number of anilines is 1. The highest BCUT2D eigenvalue weighted by atomic mass is 79.9. The van der Waals surface area contributed by atoms with E-state index in [0.717, 1.165) is 18.5 Å². The van der Waals surface area contributed by atoms with Gasteiger partial charge >= 0.3 is 6.09 Å². The first-order valence-electron chi connectivity index (χ1n) is 9.13. The number of carbonyl (C=O) groups is 1. The van der Waals surface area contributed by atoms with Gasteiger partial charge in [0.25, 0.3) is 0 Å². The van der Waals surface area contributed by atoms with E-state index in [2.05, 4.69) is 21.0 Å². The second kappa shape index (κ2) is 7.77. The molecule has 0 bridgehead atoms. The van der Waals surface area contributed by atoms with Crippen LogP contribution in [0.3, 0.4) is 0 Å². The molecule has 1 aliphatic heterocycles. The second-order valence-electron chi connectivity index (χ2n) is 7.97. The maximum Gasteiger partial charge on any atom is 0.410 e. The van der Waals surface area contributed by atoms with Crippen LogP contribution in [0.4, 0.5) is 15.0 Å². The molecule has 1 saturated heterocycles. The Morgan fingerprint density at radius 1 is 1.32 bits per heavy atom. The lowest BCUT2D eigenvalue weighted by Gasteiger charge is -2.32. The van der Waals surface area contributed by atoms with E-state index in [1.807, 2.05) is 26.8 Å². The van der Waals surface area contributed by atoms with Crippen molar-refractivity contribution in [2.45, 2.75) is 45.1 Å². The summed E-state index contributed by atoms with van der Waals surface area (Å²) >= 11 is 3.33. The van der Waals surface area contributed by atoms with Gasteiger partial charge in [-0.2, -0.15) is 5.10 Å². The van der Waals surface area contributed by atoms with Gasteiger partial charge in [-0.1, -0.05) is 5.46 Å². The van der Waals surface area contributed by atoms with Crippen LogP contribution in [0.15, 0.2) is 22.7 Å². The monoisotopic (exact) mass is 448 g/mol. The van der Waals surface area contributed by atoms with Gasteiger partial charge in [0.2, 0.25) is 0 Å². The van der Waals surface area contributed by atoms with Gasteiger partial charge in [-0.05, 0) is 61.7 Å². The molecule has 2 radical (unpaired) electrons. The van der Waals surface area contributed by atoms with Crippen molar-refractivity contribution in [1.82, 2.24) is 14.7 Å². The summed E-state index contributed by atoms with van der Waals surface area (Å²) in [6.45, 7) is 6.74. The number of carbonyl (C=O) groups excluding carboxylic acids is 1. The number of benzene rings is 1. The summed E-state index contributed by atoms with van der Waals surface area (Å²) < 4.78 is 20.9. The Kier molecular flexibility index (Phi) is 5.75. The molecule has 2 aromatic rings. The third kappa shape index (κ3) is 4.51. The zero-order valence-corrected chi connectivity index (χ0v) is 17.8. The number of amides is 1. The Balaban J connectivity index is 1.74. The van der Waals surface area contributed by atoms with Crippen LogP contribution in [0, 0.1) is 5.82 Å². The van der Waals surface area contributed by atoms with Crippen molar-refractivity contribution in [1.29, 1.82) is 0 Å². The number of likely N-dealkylation sites (tertiary alicyclic amines) is 1. The Labute approximate surface area is 173 Å². The summed E-state index contributed by atoms with van der Waals surface area (Å²) in [4.78, 5) is 13.9. The van der Waals surface area contributed by atoms with Crippen molar-refractivity contribution in [3.8, 4) is 5.69 Å². The quantitative estimate of drug-likeness (QED) is 0.715. The molecule has 1 amide bonds. The Morgan fingerprint density at radius 2 is 1.96 bits per heavy atom. The first-order valence-corrected chi connectivity index (χ1v) is 9.92. The third-order valence-electron chi connectivity index (χ3n) is 4.59. The highest BCUT2D eigenvalue weighted by molar-refractivity contribution is 9.10. The van der Waals surface area contributed by atoms with Crippen LogP contribution >= 0.6 is 15.9 Å². The number of hydrogen-bond donors (Lipinski definition) is 1. The molecule has 0 unspecified atom stereocenters. The zero-order valence-electron chi connectivity index (χ0n) is 16.2. The highest BCUT2D eigenvalue weighted by Crippen LogP contribution is 2.31. The third-order valence-corrected chi connectivity index (χ3v) is 5.19. The molecule has 1 aromatic carbocycles. The fourth-order valence-corrected chi connectivity index (χ4v) is 3.90. The van der Waals surface area contributed by atoms with E-state index in [1.165, 1.54) is 16.8 Å². The summed E-state index contributed by atoms with van der Waals surface area (Å²) in [7, 11) is 5.97. The van der Waals surface area contributed by atoms with Crippen molar-refractivity contribution >= 4 is 41.2 Å². The van der Waals surface area contributed by atoms with E-state index in [0.29, 0.717) is 29.1 Å². The first kappa shape index (κ1) is 20.7. The van der Waals surface area contributed by atoms with E-state index in [1.54, 1.807) is 4.90 Å². The van der Waals surface area contributed by atoms with Crippen molar-refractivity contribution < 1.29 is 13.9 Å². The second-order valence-corrected chi connectivity index (χ2v) is 8.83. The number of rotatable bonds is 2. The van der Waals surface area contributed by atoms with Crippen LogP contribution in [0.1, 0.15) is 45.2 Å². The summed E-state index contributed by atoms with van der Waals surface area (Å²) in [5.41, 5.74) is 7.22. The van der Waals surface area contributed by atoms with Gasteiger partial charge in [0.1, 0.15) is 25.1 Å². The predicted octanol–water partition coefficient (Wildman–Crippen LogP) is 3.26. The van der Waals surface area contributed by atoms with Crippen molar-refractivity contribution in [2.75, 3.05) is 18.8 Å². The van der Waals surface area contributed by atoms with Crippen LogP contribution in [0.2, 0.25) is 0 Å². The number of halogens is 2. The molecular formula is C19H23BBrFN4O2. The van der Waals surface area contributed by atoms with Crippen molar-refractivity contribution in [2.24, 2.45) is 0 Å². The minimum atomic E-state index is -0.510. The molecule has 3 rings (SSSR count). The van der Waals surface area contributed by atoms with Gasteiger partial charge in [0, 0.05) is 29.5 Å². The van der Waals surface area contributed by atoms with E-state index in [9.17, 15) is 9.18 Å². The van der Waals surface area contributed by atoms with Crippen LogP contribution in [0.25, 0.3) is 5.69 Å². The van der Waals surface area contributed by atoms with Gasteiger partial charge in [-0.25, -0.2) is 13.9 Å². The summed E-state index contributed by atoms with van der Waals surface area (Å²) in [5.74, 6) is 0.153.